The van der Waals surface area contributed by atoms with Gasteiger partial charge in [-0.2, -0.15) is 0 Å². The van der Waals surface area contributed by atoms with E-state index < -0.39 is 16.4 Å². The van der Waals surface area contributed by atoms with E-state index in [1.165, 1.54) is 13.2 Å². The fourth-order valence-corrected chi connectivity index (χ4v) is 0.977. The van der Waals surface area contributed by atoms with Crippen LogP contribution in [0.4, 0.5) is 5.69 Å². The molecule has 0 aromatic heterocycles. The van der Waals surface area contributed by atoms with Crippen molar-refractivity contribution in [1.82, 2.24) is 0 Å². The van der Waals surface area contributed by atoms with Crippen molar-refractivity contribution < 1.29 is 19.6 Å². The van der Waals surface area contributed by atoms with Crippen molar-refractivity contribution in [3.05, 3.63) is 27.8 Å². The minimum absolute atomic E-state index is 0.0753. The third-order valence-corrected chi connectivity index (χ3v) is 1.63. The average molecular weight is 227 g/mol. The van der Waals surface area contributed by atoms with Gasteiger partial charge in [0.1, 0.15) is 6.29 Å². The highest BCUT2D eigenvalue weighted by atomic mass is 16.6. The van der Waals surface area contributed by atoms with E-state index in [-0.39, 0.29) is 11.3 Å². The Morgan fingerprint density at radius 2 is 2.00 bits per heavy atom. The van der Waals surface area contributed by atoms with E-state index in [1.54, 1.807) is 0 Å². The van der Waals surface area contributed by atoms with Crippen LogP contribution < -0.4 is 4.74 Å². The lowest BCUT2D eigenvalue weighted by Gasteiger charge is -2.03. The number of phenolic OH excluding ortho intramolecular Hbond substituents is 1. The number of nitro groups is 1. The van der Waals surface area contributed by atoms with Crippen LogP contribution in [0.3, 0.4) is 0 Å². The van der Waals surface area contributed by atoms with Crippen LogP contribution in [0.1, 0.15) is 24.2 Å². The maximum absolute atomic E-state index is 10.4. The van der Waals surface area contributed by atoms with Crippen LogP contribution in [0.2, 0.25) is 0 Å². The van der Waals surface area contributed by atoms with E-state index in [1.807, 2.05) is 13.8 Å². The Morgan fingerprint density at radius 1 is 1.44 bits per heavy atom. The molecule has 6 nitrogen and oxygen atoms in total. The molecule has 0 unspecified atom stereocenters. The number of ether oxygens (including phenoxy) is 1. The highest BCUT2D eigenvalue weighted by molar-refractivity contribution is 5.79. The summed E-state index contributed by atoms with van der Waals surface area (Å²) < 4.78 is 4.66. The van der Waals surface area contributed by atoms with E-state index >= 15 is 0 Å². The highest BCUT2D eigenvalue weighted by Gasteiger charge is 2.19. The fraction of sp³-hybridized carbons (Fsp3) is 0.300. The molecule has 0 amide bonds. The largest absolute Gasteiger partial charge is 0.500 e. The zero-order chi connectivity index (χ0) is 12.7. The number of carbonyl (C=O) groups is 1. The lowest BCUT2D eigenvalue weighted by atomic mass is 10.2. The van der Waals surface area contributed by atoms with Crippen molar-refractivity contribution in [1.29, 1.82) is 0 Å². The summed E-state index contributed by atoms with van der Waals surface area (Å²) in [4.78, 5) is 20.0. The number of aromatic hydroxyl groups is 1. The van der Waals surface area contributed by atoms with Gasteiger partial charge in [-0.15, -0.1) is 0 Å². The van der Waals surface area contributed by atoms with Crippen molar-refractivity contribution in [2.75, 3.05) is 7.11 Å². The normalized spacial score (nSPS) is 8.69. The monoisotopic (exact) mass is 227 g/mol. The van der Waals surface area contributed by atoms with Gasteiger partial charge in [0.2, 0.25) is 5.75 Å². The number of hydrogen-bond acceptors (Lipinski definition) is 5. The number of benzene rings is 1. The average Bonchev–Trinajstić information content (AvgIpc) is 2.31. The second-order valence-electron chi connectivity index (χ2n) is 2.47. The fourth-order valence-electron chi connectivity index (χ4n) is 0.977. The van der Waals surface area contributed by atoms with E-state index in [9.17, 15) is 20.0 Å². The Hall–Kier alpha value is -2.11. The van der Waals surface area contributed by atoms with Gasteiger partial charge in [0.25, 0.3) is 0 Å². The molecular formula is C10H13NO5. The molecule has 16 heavy (non-hydrogen) atoms. The summed E-state index contributed by atoms with van der Waals surface area (Å²) in [5.74, 6) is -0.676. The molecule has 1 aromatic rings. The van der Waals surface area contributed by atoms with Crippen molar-refractivity contribution in [3.63, 3.8) is 0 Å². The summed E-state index contributed by atoms with van der Waals surface area (Å²) in [6, 6.07) is 2.19. The number of phenols is 1. The maximum Gasteiger partial charge on any atom is 0.315 e. The molecular weight excluding hydrogens is 214 g/mol. The van der Waals surface area contributed by atoms with Gasteiger partial charge in [0.15, 0.2) is 5.75 Å². The third kappa shape index (κ3) is 2.94. The first-order valence-electron chi connectivity index (χ1n) is 4.60. The Balaban J connectivity index is 0.00000106. The molecule has 0 aliphatic carbocycles. The zero-order valence-electron chi connectivity index (χ0n) is 9.26. The van der Waals surface area contributed by atoms with Crippen molar-refractivity contribution in [2.45, 2.75) is 13.8 Å². The van der Waals surface area contributed by atoms with Crippen molar-refractivity contribution >= 4 is 12.0 Å². The quantitative estimate of drug-likeness (QED) is 0.485. The number of nitro benzene ring substituents is 1. The van der Waals surface area contributed by atoms with Crippen LogP contribution in [-0.4, -0.2) is 23.4 Å². The summed E-state index contributed by atoms with van der Waals surface area (Å²) in [7, 11) is 1.24. The molecule has 88 valence electrons. The number of nitrogens with zero attached hydrogens (tertiary/aromatic N) is 1. The van der Waals surface area contributed by atoms with E-state index in [0.717, 1.165) is 6.07 Å². The molecule has 0 spiro atoms. The molecule has 1 aromatic carbocycles. The molecule has 0 saturated carbocycles. The molecule has 1 N–H and O–H groups in total. The van der Waals surface area contributed by atoms with Crippen LogP contribution in [0.25, 0.3) is 0 Å². The van der Waals surface area contributed by atoms with Gasteiger partial charge < -0.3 is 9.84 Å². The zero-order valence-corrected chi connectivity index (χ0v) is 9.26. The number of aldehydes is 1. The molecule has 0 bridgehead atoms. The molecule has 6 heteroatoms. The van der Waals surface area contributed by atoms with Crippen LogP contribution in [0.15, 0.2) is 12.1 Å². The Bertz CT molecular complexity index is 389. The van der Waals surface area contributed by atoms with Crippen molar-refractivity contribution in [3.8, 4) is 11.5 Å². The van der Waals surface area contributed by atoms with E-state index in [2.05, 4.69) is 4.74 Å². The molecule has 0 aliphatic heterocycles. The minimum atomic E-state index is -0.787. The van der Waals surface area contributed by atoms with Gasteiger partial charge in [-0.05, 0) is 6.07 Å². The van der Waals surface area contributed by atoms with Gasteiger partial charge in [0, 0.05) is 11.6 Å². The molecule has 1 rings (SSSR count). The van der Waals surface area contributed by atoms with Crippen LogP contribution in [0.5, 0.6) is 11.5 Å². The second kappa shape index (κ2) is 6.39. The van der Waals surface area contributed by atoms with Gasteiger partial charge in [-0.25, -0.2) is 0 Å². The Morgan fingerprint density at radius 3 is 2.38 bits per heavy atom. The number of rotatable bonds is 3. The van der Waals surface area contributed by atoms with Gasteiger partial charge in [-0.3, -0.25) is 14.9 Å². The third-order valence-electron chi connectivity index (χ3n) is 1.63. The van der Waals surface area contributed by atoms with Gasteiger partial charge in [0.05, 0.1) is 12.0 Å². The highest BCUT2D eigenvalue weighted by Crippen LogP contribution is 2.36. The summed E-state index contributed by atoms with van der Waals surface area (Å²) >= 11 is 0. The lowest BCUT2D eigenvalue weighted by molar-refractivity contribution is -0.386. The maximum atomic E-state index is 10.4. The van der Waals surface area contributed by atoms with Gasteiger partial charge >= 0.3 is 5.69 Å². The van der Waals surface area contributed by atoms with E-state index in [0.29, 0.717) is 6.29 Å². The smallest absolute Gasteiger partial charge is 0.315 e. The van der Waals surface area contributed by atoms with Crippen LogP contribution in [-0.2, 0) is 0 Å². The Labute approximate surface area is 92.6 Å². The summed E-state index contributed by atoms with van der Waals surface area (Å²) in [5.41, 5.74) is -0.474. The van der Waals surface area contributed by atoms with Gasteiger partial charge in [-0.1, -0.05) is 13.8 Å². The standard InChI is InChI=1S/C8H7NO5.C2H6/c1-14-7-3-5(4-10)2-6(8(7)11)9(12)13;1-2/h2-4,11H,1H3;1-2H3. The topological polar surface area (TPSA) is 89.7 Å². The molecule has 0 saturated heterocycles. The predicted octanol–water partition coefficient (Wildman–Crippen LogP) is 2.15. The first kappa shape index (κ1) is 13.9. The second-order valence-corrected chi connectivity index (χ2v) is 2.47. The number of hydrogen-bond donors (Lipinski definition) is 1. The lowest BCUT2D eigenvalue weighted by Crippen LogP contribution is -1.94. The number of carbonyl (C=O) groups excluding carboxylic acids is 1. The molecule has 0 atom stereocenters. The summed E-state index contributed by atoms with van der Waals surface area (Å²) in [6.45, 7) is 4.00. The minimum Gasteiger partial charge on any atom is -0.500 e. The molecule has 0 heterocycles. The number of methoxy groups -OCH3 is 1. The van der Waals surface area contributed by atoms with Crippen LogP contribution >= 0.6 is 0 Å². The first-order chi connectivity index (χ1) is 7.60. The first-order valence-corrected chi connectivity index (χ1v) is 4.60. The van der Waals surface area contributed by atoms with Crippen LogP contribution in [0, 0.1) is 10.1 Å². The summed E-state index contributed by atoms with van der Waals surface area (Å²) in [5, 5.41) is 19.7. The summed E-state index contributed by atoms with van der Waals surface area (Å²) in [6.07, 6.45) is 0.439. The SMILES string of the molecule is CC.COc1cc(C=O)cc([N+](=O)[O-])c1O. The van der Waals surface area contributed by atoms with Crippen molar-refractivity contribution in [2.24, 2.45) is 0 Å². The molecule has 0 aliphatic rings. The molecule has 0 fully saturated rings. The van der Waals surface area contributed by atoms with E-state index in [4.69, 9.17) is 0 Å². The Kier molecular flexibility index (Phi) is 5.55. The molecule has 0 radical (unpaired) electrons. The predicted molar refractivity (Wildman–Crippen MR) is 58.0 cm³/mol.